The highest BCUT2D eigenvalue weighted by Crippen LogP contribution is 2.38. The number of nitrogens with zero attached hydrogens (tertiary/aromatic N) is 1. The first-order valence-corrected chi connectivity index (χ1v) is 7.16. The van der Waals surface area contributed by atoms with Gasteiger partial charge in [-0.25, -0.2) is 0 Å². The Morgan fingerprint density at radius 3 is 2.47 bits per heavy atom. The van der Waals surface area contributed by atoms with E-state index in [1.807, 2.05) is 20.8 Å². The van der Waals surface area contributed by atoms with Crippen molar-refractivity contribution in [3.05, 3.63) is 11.6 Å². The third kappa shape index (κ3) is 2.94. The molecule has 1 N–H and O–H groups in total. The van der Waals surface area contributed by atoms with Crippen LogP contribution in [0.1, 0.15) is 33.6 Å². The lowest BCUT2D eigenvalue weighted by Gasteiger charge is -2.43. The summed E-state index contributed by atoms with van der Waals surface area (Å²) < 4.78 is 0. The van der Waals surface area contributed by atoms with Crippen LogP contribution in [0.4, 0.5) is 0 Å². The molecule has 0 aromatic heterocycles. The van der Waals surface area contributed by atoms with E-state index in [-0.39, 0.29) is 23.3 Å². The smallest absolute Gasteiger partial charge is 0.246 e. The number of rotatable bonds is 3. The molecule has 5 heteroatoms. The molecule has 2 fully saturated rings. The van der Waals surface area contributed by atoms with Gasteiger partial charge in [0.15, 0.2) is 0 Å². The van der Waals surface area contributed by atoms with Crippen LogP contribution in [-0.4, -0.2) is 35.3 Å². The van der Waals surface area contributed by atoms with Crippen molar-refractivity contribution in [2.24, 2.45) is 11.3 Å². The van der Waals surface area contributed by atoms with Crippen molar-refractivity contribution in [2.45, 2.75) is 45.7 Å². The summed E-state index contributed by atoms with van der Waals surface area (Å²) in [6.45, 7) is 6.29. The minimum Gasteiger partial charge on any atom is -0.342 e. The SMILES string of the molecule is CC(C)(C)C1NC(=O)C(C2CC2)N(C/C=C/Cl)C1=O. The highest BCUT2D eigenvalue weighted by Gasteiger charge is 2.49. The number of hydrogen-bond acceptors (Lipinski definition) is 2. The Hall–Kier alpha value is -1.03. The molecule has 0 bridgehead atoms. The fourth-order valence-corrected chi connectivity index (χ4v) is 2.64. The lowest BCUT2D eigenvalue weighted by atomic mass is 9.83. The lowest BCUT2D eigenvalue weighted by molar-refractivity contribution is -0.152. The summed E-state index contributed by atoms with van der Waals surface area (Å²) in [5.74, 6) is 0.289. The van der Waals surface area contributed by atoms with Crippen molar-refractivity contribution in [3.8, 4) is 0 Å². The molecule has 0 spiro atoms. The highest BCUT2D eigenvalue weighted by molar-refractivity contribution is 6.25. The average Bonchev–Trinajstić information content (AvgIpc) is 3.12. The number of amides is 2. The first kappa shape index (κ1) is 14.4. The molecular formula is C14H21ClN2O2. The van der Waals surface area contributed by atoms with Crippen molar-refractivity contribution in [1.29, 1.82) is 0 Å². The number of hydrogen-bond donors (Lipinski definition) is 1. The molecule has 1 aliphatic carbocycles. The monoisotopic (exact) mass is 284 g/mol. The van der Waals surface area contributed by atoms with E-state index in [1.165, 1.54) is 5.54 Å². The fourth-order valence-electron chi connectivity index (χ4n) is 2.56. The maximum atomic E-state index is 12.6. The average molecular weight is 285 g/mol. The Bertz CT molecular complexity index is 410. The maximum absolute atomic E-state index is 12.6. The Morgan fingerprint density at radius 2 is 2.00 bits per heavy atom. The molecule has 2 amide bonds. The Morgan fingerprint density at radius 1 is 1.37 bits per heavy atom. The van der Waals surface area contributed by atoms with Gasteiger partial charge in [0.05, 0.1) is 0 Å². The first-order chi connectivity index (χ1) is 8.86. The molecule has 2 aliphatic rings. The number of carbonyl (C=O) groups is 2. The normalized spacial score (nSPS) is 28.9. The van der Waals surface area contributed by atoms with Crippen LogP contribution >= 0.6 is 11.6 Å². The number of nitrogens with one attached hydrogen (secondary N) is 1. The second-order valence-corrected chi connectivity index (χ2v) is 6.69. The van der Waals surface area contributed by atoms with E-state index in [0.29, 0.717) is 12.5 Å². The standard InChI is InChI=1S/C14H21ClN2O2/c1-14(2,3)11-13(19)17(8-4-7-15)10(9-5-6-9)12(18)16-11/h4,7,9-11H,5-6,8H2,1-3H3,(H,16,18)/b7-4+. The van der Waals surface area contributed by atoms with Crippen LogP contribution in [-0.2, 0) is 9.59 Å². The molecule has 1 heterocycles. The summed E-state index contributed by atoms with van der Waals surface area (Å²) in [5.41, 5.74) is 1.11. The van der Waals surface area contributed by atoms with Crippen LogP contribution in [0.25, 0.3) is 0 Å². The largest absolute Gasteiger partial charge is 0.342 e. The molecule has 2 atom stereocenters. The van der Waals surface area contributed by atoms with Gasteiger partial charge in [0.1, 0.15) is 12.1 Å². The minimum absolute atomic E-state index is 0.00114. The van der Waals surface area contributed by atoms with Gasteiger partial charge in [-0.05, 0) is 24.2 Å². The van der Waals surface area contributed by atoms with E-state index in [9.17, 15) is 9.59 Å². The molecule has 4 nitrogen and oxygen atoms in total. The first-order valence-electron chi connectivity index (χ1n) is 6.72. The van der Waals surface area contributed by atoms with Crippen LogP contribution < -0.4 is 5.32 Å². The molecule has 0 radical (unpaired) electrons. The quantitative estimate of drug-likeness (QED) is 0.860. The molecule has 0 aromatic rings. The molecule has 2 rings (SSSR count). The van der Waals surface area contributed by atoms with Crippen molar-refractivity contribution in [1.82, 2.24) is 10.2 Å². The zero-order valence-corrected chi connectivity index (χ0v) is 12.4. The summed E-state index contributed by atoms with van der Waals surface area (Å²) in [6.07, 6.45) is 3.76. The second kappa shape index (κ2) is 5.16. The Kier molecular flexibility index (Phi) is 3.90. The van der Waals surface area contributed by atoms with Gasteiger partial charge in [0, 0.05) is 12.1 Å². The van der Waals surface area contributed by atoms with Crippen LogP contribution in [0, 0.1) is 11.3 Å². The summed E-state index contributed by atoms with van der Waals surface area (Å²) in [7, 11) is 0. The third-order valence-corrected chi connectivity index (χ3v) is 3.92. The molecular weight excluding hydrogens is 264 g/mol. The van der Waals surface area contributed by atoms with E-state index in [2.05, 4.69) is 5.32 Å². The molecule has 2 unspecified atom stereocenters. The zero-order chi connectivity index (χ0) is 14.2. The summed E-state index contributed by atoms with van der Waals surface area (Å²) in [6, 6.07) is -0.780. The number of carbonyl (C=O) groups excluding carboxylic acids is 2. The highest BCUT2D eigenvalue weighted by atomic mass is 35.5. The predicted molar refractivity (Wildman–Crippen MR) is 74.6 cm³/mol. The van der Waals surface area contributed by atoms with Gasteiger partial charge in [0.25, 0.3) is 0 Å². The van der Waals surface area contributed by atoms with Gasteiger partial charge in [-0.3, -0.25) is 9.59 Å². The van der Waals surface area contributed by atoms with E-state index in [4.69, 9.17) is 11.6 Å². The van der Waals surface area contributed by atoms with Crippen LogP contribution in [0.2, 0.25) is 0 Å². The van der Waals surface area contributed by atoms with Crippen LogP contribution in [0.3, 0.4) is 0 Å². The topological polar surface area (TPSA) is 49.4 Å². The van der Waals surface area contributed by atoms with Crippen molar-refractivity contribution >= 4 is 23.4 Å². The third-order valence-electron chi connectivity index (χ3n) is 3.75. The Labute approximate surface area is 119 Å². The van der Waals surface area contributed by atoms with E-state index in [1.54, 1.807) is 11.0 Å². The molecule has 1 saturated heterocycles. The summed E-state index contributed by atoms with van der Waals surface area (Å²) in [4.78, 5) is 26.6. The molecule has 0 aromatic carbocycles. The van der Waals surface area contributed by atoms with E-state index < -0.39 is 6.04 Å². The van der Waals surface area contributed by atoms with Gasteiger partial charge in [-0.2, -0.15) is 0 Å². The van der Waals surface area contributed by atoms with Crippen molar-refractivity contribution in [2.75, 3.05) is 6.54 Å². The van der Waals surface area contributed by atoms with E-state index in [0.717, 1.165) is 12.8 Å². The number of piperazine rings is 1. The summed E-state index contributed by atoms with van der Waals surface area (Å²) in [5, 5.41) is 2.90. The van der Waals surface area contributed by atoms with Gasteiger partial charge < -0.3 is 10.2 Å². The predicted octanol–water partition coefficient (Wildman–Crippen LogP) is 1.89. The van der Waals surface area contributed by atoms with Crippen molar-refractivity contribution < 1.29 is 9.59 Å². The fraction of sp³-hybridized carbons (Fsp3) is 0.714. The molecule has 1 aliphatic heterocycles. The van der Waals surface area contributed by atoms with Gasteiger partial charge in [-0.1, -0.05) is 38.4 Å². The Balaban J connectivity index is 2.25. The lowest BCUT2D eigenvalue weighted by Crippen LogP contribution is -2.67. The van der Waals surface area contributed by atoms with Gasteiger partial charge >= 0.3 is 0 Å². The molecule has 19 heavy (non-hydrogen) atoms. The zero-order valence-electron chi connectivity index (χ0n) is 11.6. The molecule has 106 valence electrons. The van der Waals surface area contributed by atoms with Gasteiger partial charge in [0.2, 0.25) is 11.8 Å². The molecule has 1 saturated carbocycles. The number of halogens is 1. The second-order valence-electron chi connectivity index (χ2n) is 6.44. The van der Waals surface area contributed by atoms with Crippen molar-refractivity contribution in [3.63, 3.8) is 0 Å². The van der Waals surface area contributed by atoms with Crippen LogP contribution in [0.15, 0.2) is 11.6 Å². The van der Waals surface area contributed by atoms with Gasteiger partial charge in [-0.15, -0.1) is 0 Å². The minimum atomic E-state index is -0.460. The van der Waals surface area contributed by atoms with E-state index >= 15 is 0 Å². The summed E-state index contributed by atoms with van der Waals surface area (Å²) >= 11 is 5.55. The maximum Gasteiger partial charge on any atom is 0.246 e. The van der Waals surface area contributed by atoms with Crippen LogP contribution in [0.5, 0.6) is 0 Å².